The molecular formula is C49H45BN4S2. The lowest BCUT2D eigenvalue weighted by atomic mass is 9.70. The van der Waals surface area contributed by atoms with E-state index in [4.69, 9.17) is 15.0 Å². The molecule has 0 bridgehead atoms. The molecule has 0 N–H and O–H groups in total. The SMILES string of the molecule is CB/C(=C\C(=C/C)c1cccc2c1sc1c(-c3ccc4c(c3)C(C)(C)c3ccc5ncsc5c3-4)cccc12)c1nc(C(/C=C\C)=C/C)nc(C(/C=C\C)=C/C)n1. The van der Waals surface area contributed by atoms with Crippen LogP contribution in [0.5, 0.6) is 0 Å². The van der Waals surface area contributed by atoms with E-state index in [0.29, 0.717) is 17.5 Å². The first-order valence-corrected chi connectivity index (χ1v) is 21.1. The molecule has 0 saturated carbocycles. The second-order valence-corrected chi connectivity index (χ2v) is 16.5. The maximum Gasteiger partial charge on any atom is 0.163 e. The smallest absolute Gasteiger partial charge is 0.163 e. The third-order valence-electron chi connectivity index (χ3n) is 11.1. The largest absolute Gasteiger partial charge is 0.245 e. The van der Waals surface area contributed by atoms with E-state index in [1.54, 1.807) is 11.3 Å². The third kappa shape index (κ3) is 6.23. The lowest BCUT2D eigenvalue weighted by molar-refractivity contribution is 0.661. The van der Waals surface area contributed by atoms with Crippen LogP contribution in [0.25, 0.3) is 74.8 Å². The van der Waals surface area contributed by atoms with Crippen LogP contribution in [0.3, 0.4) is 0 Å². The molecule has 0 aliphatic heterocycles. The lowest BCUT2D eigenvalue weighted by Crippen LogP contribution is -2.14. The molecule has 8 rings (SSSR count). The molecule has 0 amide bonds. The molecule has 3 aromatic heterocycles. The van der Waals surface area contributed by atoms with Crippen LogP contribution in [0.4, 0.5) is 0 Å². The molecule has 4 aromatic carbocycles. The van der Waals surface area contributed by atoms with Crippen LogP contribution in [-0.4, -0.2) is 27.2 Å². The number of thiophene rings is 1. The first kappa shape index (κ1) is 37.4. The summed E-state index contributed by atoms with van der Waals surface area (Å²) in [6.07, 6.45) is 16.8. The fourth-order valence-corrected chi connectivity index (χ4v) is 10.4. The lowest BCUT2D eigenvalue weighted by Gasteiger charge is -2.22. The van der Waals surface area contributed by atoms with E-state index < -0.39 is 0 Å². The van der Waals surface area contributed by atoms with Gasteiger partial charge in [-0.3, -0.25) is 0 Å². The van der Waals surface area contributed by atoms with Crippen LogP contribution in [0.1, 0.15) is 82.6 Å². The van der Waals surface area contributed by atoms with E-state index in [9.17, 15) is 0 Å². The van der Waals surface area contributed by atoms with Crippen molar-refractivity contribution in [3.8, 4) is 22.3 Å². The standard InChI is InChI=1S/C49H45BN4S2/c1-9-16-29(11-3)46-52-47(30(12-4)17-10-2)54-48(53-46)40(50-8)27-31(13-5)33-18-14-20-35-36-21-15-19-34(44(36)56-43(33)35)32-22-23-37-39(26-32)49(6,7)38-24-25-41-45(42(37)38)55-28-51-41/h9-28,50H,1-8H3/b16-9-,17-10-,29-11+,30-12+,31-13+,40-27-. The molecule has 0 radical (unpaired) electrons. The van der Waals surface area contributed by atoms with Gasteiger partial charge in [0.1, 0.15) is 0 Å². The second kappa shape index (κ2) is 15.2. The third-order valence-corrected chi connectivity index (χ3v) is 13.2. The molecular weight excluding hydrogens is 720 g/mol. The zero-order valence-electron chi connectivity index (χ0n) is 33.4. The summed E-state index contributed by atoms with van der Waals surface area (Å²) in [5.41, 5.74) is 16.3. The van der Waals surface area contributed by atoms with Crippen molar-refractivity contribution in [3.63, 3.8) is 0 Å². The van der Waals surface area contributed by atoms with E-state index in [2.05, 4.69) is 136 Å². The second-order valence-electron chi connectivity index (χ2n) is 14.6. The fourth-order valence-electron chi connectivity index (χ4n) is 8.15. The average Bonchev–Trinajstić information content (AvgIpc) is 3.92. The summed E-state index contributed by atoms with van der Waals surface area (Å²) >= 11 is 3.63. The van der Waals surface area contributed by atoms with E-state index in [1.807, 2.05) is 56.7 Å². The van der Waals surface area contributed by atoms with Gasteiger partial charge in [0, 0.05) is 42.3 Å². The Bertz CT molecular complexity index is 2830. The van der Waals surface area contributed by atoms with Gasteiger partial charge in [-0.05, 0) is 91.2 Å². The molecule has 0 fully saturated rings. The van der Waals surface area contributed by atoms with Crippen molar-refractivity contribution in [1.82, 2.24) is 19.9 Å². The molecule has 56 heavy (non-hydrogen) atoms. The Hall–Kier alpha value is -5.50. The van der Waals surface area contributed by atoms with Crippen molar-refractivity contribution in [2.45, 2.75) is 60.7 Å². The van der Waals surface area contributed by atoms with Gasteiger partial charge in [-0.25, -0.2) is 19.9 Å². The number of rotatable bonds is 9. The van der Waals surface area contributed by atoms with Crippen LogP contribution < -0.4 is 0 Å². The van der Waals surface area contributed by atoms with Gasteiger partial charge in [0.25, 0.3) is 0 Å². The monoisotopic (exact) mass is 764 g/mol. The van der Waals surface area contributed by atoms with Gasteiger partial charge in [-0.15, -0.1) is 22.7 Å². The Kier molecular flexibility index (Phi) is 10.2. The number of hydrogen-bond acceptors (Lipinski definition) is 6. The highest BCUT2D eigenvalue weighted by molar-refractivity contribution is 7.26. The highest BCUT2D eigenvalue weighted by Gasteiger charge is 2.37. The quantitative estimate of drug-likeness (QED) is 0.108. The Labute approximate surface area is 338 Å². The molecule has 1 aliphatic rings. The predicted octanol–water partition coefficient (Wildman–Crippen LogP) is 13.7. The molecule has 1 aliphatic carbocycles. The van der Waals surface area contributed by atoms with Crippen molar-refractivity contribution in [2.75, 3.05) is 0 Å². The number of nitrogens with zero attached hydrogens (tertiary/aromatic N) is 4. The van der Waals surface area contributed by atoms with Gasteiger partial charge in [-0.1, -0.05) is 124 Å². The topological polar surface area (TPSA) is 51.6 Å². The molecule has 7 aromatic rings. The first-order valence-electron chi connectivity index (χ1n) is 19.4. The molecule has 0 unspecified atom stereocenters. The zero-order chi connectivity index (χ0) is 39.1. The number of fused-ring (bicyclic) bond motifs is 8. The van der Waals surface area contributed by atoms with E-state index in [-0.39, 0.29) is 5.41 Å². The Balaban J connectivity index is 1.25. The zero-order valence-corrected chi connectivity index (χ0v) is 35.0. The van der Waals surface area contributed by atoms with Gasteiger partial charge in [-0.2, -0.15) is 0 Å². The highest BCUT2D eigenvalue weighted by Crippen LogP contribution is 2.53. The molecule has 276 valence electrons. The molecule has 0 atom stereocenters. The van der Waals surface area contributed by atoms with Crippen LogP contribution in [-0.2, 0) is 5.41 Å². The minimum Gasteiger partial charge on any atom is -0.245 e. The Morgan fingerprint density at radius 2 is 1.32 bits per heavy atom. The van der Waals surface area contributed by atoms with Crippen LogP contribution >= 0.6 is 22.7 Å². The van der Waals surface area contributed by atoms with Crippen LogP contribution in [0.15, 0.2) is 121 Å². The first-order chi connectivity index (χ1) is 27.3. The minimum absolute atomic E-state index is 0.105. The van der Waals surface area contributed by atoms with Crippen LogP contribution in [0, 0.1) is 0 Å². The Morgan fingerprint density at radius 3 is 1.98 bits per heavy atom. The van der Waals surface area contributed by atoms with Crippen molar-refractivity contribution >= 4 is 82.5 Å². The van der Waals surface area contributed by atoms with Gasteiger partial charge in [0.2, 0.25) is 0 Å². The summed E-state index contributed by atoms with van der Waals surface area (Å²) in [4.78, 5) is 19.7. The average molecular weight is 765 g/mol. The van der Waals surface area contributed by atoms with Crippen molar-refractivity contribution in [1.29, 1.82) is 0 Å². The van der Waals surface area contributed by atoms with Crippen molar-refractivity contribution in [3.05, 3.63) is 155 Å². The summed E-state index contributed by atoms with van der Waals surface area (Å²) in [5.74, 6) is 2.04. The molecule has 7 heteroatoms. The number of allylic oxidation sites excluding steroid dienone is 11. The summed E-state index contributed by atoms with van der Waals surface area (Å²) in [7, 11) is 0.767. The number of thiazole rings is 1. The van der Waals surface area contributed by atoms with Crippen LogP contribution in [0.2, 0.25) is 6.82 Å². The number of hydrogen-bond donors (Lipinski definition) is 0. The van der Waals surface area contributed by atoms with Gasteiger partial charge < -0.3 is 0 Å². The summed E-state index contributed by atoms with van der Waals surface area (Å²) in [5, 5.41) is 2.56. The summed E-state index contributed by atoms with van der Waals surface area (Å²) in [6.45, 7) is 17.1. The summed E-state index contributed by atoms with van der Waals surface area (Å²) < 4.78 is 3.87. The van der Waals surface area contributed by atoms with Gasteiger partial charge in [0.05, 0.1) is 15.7 Å². The number of aromatic nitrogens is 4. The van der Waals surface area contributed by atoms with E-state index in [0.717, 1.165) is 35.0 Å². The normalized spacial score (nSPS) is 14.9. The van der Waals surface area contributed by atoms with Gasteiger partial charge in [0.15, 0.2) is 24.8 Å². The maximum absolute atomic E-state index is 5.07. The molecule has 3 heterocycles. The van der Waals surface area contributed by atoms with Crippen molar-refractivity contribution < 1.29 is 0 Å². The minimum atomic E-state index is -0.105. The fraction of sp³-hybridized carbons (Fsp3) is 0.184. The van der Waals surface area contributed by atoms with Gasteiger partial charge >= 0.3 is 0 Å². The van der Waals surface area contributed by atoms with Crippen molar-refractivity contribution in [2.24, 2.45) is 0 Å². The molecule has 4 nitrogen and oxygen atoms in total. The summed E-state index contributed by atoms with van der Waals surface area (Å²) in [6, 6.07) is 25.1. The molecule has 0 saturated heterocycles. The van der Waals surface area contributed by atoms with E-state index in [1.165, 1.54) is 63.8 Å². The van der Waals surface area contributed by atoms with E-state index >= 15 is 0 Å². The molecule has 0 spiro atoms. The maximum atomic E-state index is 5.07. The number of benzene rings is 4. The highest BCUT2D eigenvalue weighted by atomic mass is 32.1. The Morgan fingerprint density at radius 1 is 0.661 bits per heavy atom. The predicted molar refractivity (Wildman–Crippen MR) is 247 cm³/mol.